The number of benzene rings is 2. The van der Waals surface area contributed by atoms with Crippen molar-refractivity contribution in [1.82, 2.24) is 10.2 Å². The zero-order valence-electron chi connectivity index (χ0n) is 17.0. The number of amides is 2. The van der Waals surface area contributed by atoms with Crippen molar-refractivity contribution < 1.29 is 19.1 Å². The van der Waals surface area contributed by atoms with Crippen molar-refractivity contribution in [2.75, 3.05) is 20.8 Å². The van der Waals surface area contributed by atoms with Gasteiger partial charge in [0.1, 0.15) is 17.5 Å². The summed E-state index contributed by atoms with van der Waals surface area (Å²) in [4.78, 5) is 26.6. The molecule has 2 rings (SSSR count). The minimum atomic E-state index is -0.561. The number of ether oxygens (including phenoxy) is 2. The third-order valence-corrected chi connectivity index (χ3v) is 5.01. The molecule has 0 radical (unpaired) electrons. The van der Waals surface area contributed by atoms with Crippen LogP contribution in [-0.4, -0.2) is 43.5 Å². The highest BCUT2D eigenvalue weighted by Crippen LogP contribution is 2.18. The molecule has 2 amide bonds. The van der Waals surface area contributed by atoms with Crippen LogP contribution in [-0.2, 0) is 16.1 Å². The van der Waals surface area contributed by atoms with Crippen LogP contribution in [0.1, 0.15) is 25.3 Å². The average Bonchev–Trinajstić information content (AvgIpc) is 2.74. The fraction of sp³-hybridized carbons (Fsp3) is 0.364. The van der Waals surface area contributed by atoms with Crippen molar-refractivity contribution in [1.29, 1.82) is 0 Å². The molecule has 0 aliphatic rings. The summed E-state index contributed by atoms with van der Waals surface area (Å²) in [5.41, 5.74) is 0.956. The lowest BCUT2D eigenvalue weighted by atomic mass is 10.1. The summed E-state index contributed by atoms with van der Waals surface area (Å²) in [7, 11) is 3.18. The molecule has 2 aromatic rings. The molecule has 156 valence electrons. The molecule has 0 saturated carbocycles. The Morgan fingerprint density at radius 2 is 1.83 bits per heavy atom. The zero-order valence-corrected chi connectivity index (χ0v) is 18.6. The highest BCUT2D eigenvalue weighted by Gasteiger charge is 2.25. The summed E-state index contributed by atoms with van der Waals surface area (Å²) in [6.07, 6.45) is 0.853. The summed E-state index contributed by atoms with van der Waals surface area (Å²) < 4.78 is 11.7. The molecular weight excluding hydrogens is 436 g/mol. The zero-order chi connectivity index (χ0) is 21.2. The number of hydrogen-bond acceptors (Lipinski definition) is 4. The number of rotatable bonds is 10. The lowest BCUT2D eigenvalue weighted by Gasteiger charge is -2.28. The first-order valence-electron chi connectivity index (χ1n) is 9.47. The van der Waals surface area contributed by atoms with Gasteiger partial charge in [0, 0.05) is 24.5 Å². The van der Waals surface area contributed by atoms with Crippen LogP contribution >= 0.6 is 15.9 Å². The molecule has 0 bridgehead atoms. The summed E-state index contributed by atoms with van der Waals surface area (Å²) >= 11 is 3.44. The van der Waals surface area contributed by atoms with E-state index in [0.29, 0.717) is 26.0 Å². The lowest BCUT2D eigenvalue weighted by Crippen LogP contribution is -2.46. The van der Waals surface area contributed by atoms with E-state index in [4.69, 9.17) is 9.47 Å². The first-order chi connectivity index (χ1) is 13.9. The minimum absolute atomic E-state index is 0.0839. The fourth-order valence-corrected chi connectivity index (χ4v) is 3.30. The second kappa shape index (κ2) is 11.5. The van der Waals surface area contributed by atoms with Gasteiger partial charge >= 0.3 is 0 Å². The third kappa shape index (κ3) is 7.09. The molecule has 0 heterocycles. The minimum Gasteiger partial charge on any atom is -0.497 e. The van der Waals surface area contributed by atoms with Gasteiger partial charge in [-0.15, -0.1) is 0 Å². The van der Waals surface area contributed by atoms with Crippen molar-refractivity contribution in [3.63, 3.8) is 0 Å². The van der Waals surface area contributed by atoms with Crippen LogP contribution < -0.4 is 14.8 Å². The highest BCUT2D eigenvalue weighted by molar-refractivity contribution is 9.10. The number of likely N-dealkylation sites (N-methyl/N-ethyl adjacent to an activating group) is 1. The van der Waals surface area contributed by atoms with Gasteiger partial charge in [0.25, 0.3) is 0 Å². The van der Waals surface area contributed by atoms with E-state index in [1.54, 1.807) is 26.0 Å². The van der Waals surface area contributed by atoms with E-state index >= 15 is 0 Å². The quantitative estimate of drug-likeness (QED) is 0.545. The Bertz CT molecular complexity index is 811. The van der Waals surface area contributed by atoms with Gasteiger partial charge in [0.05, 0.1) is 13.7 Å². The van der Waals surface area contributed by atoms with Crippen molar-refractivity contribution in [2.24, 2.45) is 0 Å². The van der Waals surface area contributed by atoms with Crippen LogP contribution in [0.3, 0.4) is 0 Å². The van der Waals surface area contributed by atoms with Gasteiger partial charge in [-0.25, -0.2) is 0 Å². The predicted molar refractivity (Wildman–Crippen MR) is 116 cm³/mol. The smallest absolute Gasteiger partial charge is 0.242 e. The Labute approximate surface area is 180 Å². The van der Waals surface area contributed by atoms with E-state index in [9.17, 15) is 9.59 Å². The van der Waals surface area contributed by atoms with E-state index in [2.05, 4.69) is 21.2 Å². The van der Waals surface area contributed by atoms with E-state index in [0.717, 1.165) is 21.5 Å². The molecule has 2 aromatic carbocycles. The monoisotopic (exact) mass is 462 g/mol. The number of nitrogens with zero attached hydrogens (tertiary/aromatic N) is 1. The maximum atomic E-state index is 12.9. The van der Waals surface area contributed by atoms with Crippen molar-refractivity contribution in [3.05, 3.63) is 58.6 Å². The van der Waals surface area contributed by atoms with E-state index < -0.39 is 6.04 Å². The van der Waals surface area contributed by atoms with Gasteiger partial charge in [-0.3, -0.25) is 9.59 Å². The standard InChI is InChI=1S/C22H27BrN2O4/c1-16(22(27)24-2)25(15-17-6-4-7-18(23)14-17)21(26)8-5-13-29-20-11-9-19(28-3)10-12-20/h4,6-7,9-12,14,16H,5,8,13,15H2,1-3H3,(H,24,27)/t16-/m0/s1. The summed E-state index contributed by atoms with van der Waals surface area (Å²) in [6, 6.07) is 14.5. The molecule has 0 aromatic heterocycles. The Kier molecular flexibility index (Phi) is 8.99. The van der Waals surface area contributed by atoms with Crippen LogP contribution in [0.25, 0.3) is 0 Å². The van der Waals surface area contributed by atoms with Gasteiger partial charge in [-0.05, 0) is 55.3 Å². The highest BCUT2D eigenvalue weighted by atomic mass is 79.9. The van der Waals surface area contributed by atoms with Gasteiger partial charge in [0.2, 0.25) is 11.8 Å². The van der Waals surface area contributed by atoms with Gasteiger partial charge in [-0.1, -0.05) is 28.1 Å². The predicted octanol–water partition coefficient (Wildman–Crippen LogP) is 3.78. The SMILES string of the molecule is CNC(=O)[C@H](C)N(Cc1cccc(Br)c1)C(=O)CCCOc1ccc(OC)cc1. The molecule has 1 atom stereocenters. The maximum absolute atomic E-state index is 12.9. The molecular formula is C22H27BrN2O4. The van der Waals surface area contributed by atoms with Gasteiger partial charge in [0.15, 0.2) is 0 Å². The number of nitrogens with one attached hydrogen (secondary N) is 1. The van der Waals surface area contributed by atoms with Crippen LogP contribution in [0, 0.1) is 0 Å². The molecule has 6 nitrogen and oxygen atoms in total. The lowest BCUT2D eigenvalue weighted by molar-refractivity contribution is -0.140. The average molecular weight is 463 g/mol. The normalized spacial score (nSPS) is 11.4. The van der Waals surface area contributed by atoms with Crippen LogP contribution in [0.4, 0.5) is 0 Å². The Morgan fingerprint density at radius 1 is 1.14 bits per heavy atom. The number of carbonyl (C=O) groups is 2. The topological polar surface area (TPSA) is 67.9 Å². The number of halogens is 1. The molecule has 0 spiro atoms. The summed E-state index contributed by atoms with van der Waals surface area (Å²) in [5.74, 6) is 1.21. The number of hydrogen-bond donors (Lipinski definition) is 1. The van der Waals surface area contributed by atoms with Crippen LogP contribution in [0.2, 0.25) is 0 Å². The largest absolute Gasteiger partial charge is 0.497 e. The van der Waals surface area contributed by atoms with E-state index in [-0.39, 0.29) is 11.8 Å². The van der Waals surface area contributed by atoms with E-state index in [1.807, 2.05) is 48.5 Å². The number of carbonyl (C=O) groups excluding carboxylic acids is 2. The fourth-order valence-electron chi connectivity index (χ4n) is 2.85. The molecule has 0 aliphatic heterocycles. The summed E-state index contributed by atoms with van der Waals surface area (Å²) in [6.45, 7) is 2.52. The first kappa shape index (κ1) is 22.7. The van der Waals surface area contributed by atoms with Crippen molar-refractivity contribution in [2.45, 2.75) is 32.4 Å². The van der Waals surface area contributed by atoms with Crippen LogP contribution in [0.5, 0.6) is 11.5 Å². The molecule has 29 heavy (non-hydrogen) atoms. The van der Waals surface area contributed by atoms with Crippen molar-refractivity contribution in [3.8, 4) is 11.5 Å². The molecule has 0 saturated heterocycles. The summed E-state index contributed by atoms with van der Waals surface area (Å²) in [5, 5.41) is 2.62. The number of methoxy groups -OCH3 is 1. The Balaban J connectivity index is 1.94. The molecule has 0 fully saturated rings. The van der Waals surface area contributed by atoms with Crippen LogP contribution in [0.15, 0.2) is 53.0 Å². The van der Waals surface area contributed by atoms with Gasteiger partial charge in [-0.2, -0.15) is 0 Å². The molecule has 0 aliphatic carbocycles. The third-order valence-electron chi connectivity index (χ3n) is 4.52. The first-order valence-corrected chi connectivity index (χ1v) is 10.3. The molecule has 1 N–H and O–H groups in total. The van der Waals surface area contributed by atoms with Gasteiger partial charge < -0.3 is 19.7 Å². The molecule has 0 unspecified atom stereocenters. The second-order valence-electron chi connectivity index (χ2n) is 6.57. The Morgan fingerprint density at radius 3 is 2.45 bits per heavy atom. The Hall–Kier alpha value is -2.54. The maximum Gasteiger partial charge on any atom is 0.242 e. The molecule has 7 heteroatoms. The van der Waals surface area contributed by atoms with E-state index in [1.165, 1.54) is 0 Å². The van der Waals surface area contributed by atoms with Crippen molar-refractivity contribution >= 4 is 27.7 Å². The second-order valence-corrected chi connectivity index (χ2v) is 7.49.